The Morgan fingerprint density at radius 1 is 1.14 bits per heavy atom. The number of oxime groups is 1. The van der Waals surface area contributed by atoms with E-state index in [1.165, 1.54) is 63.1 Å². The maximum atomic E-state index is 5.61. The molecule has 0 N–H and O–H groups in total. The van der Waals surface area contributed by atoms with Crippen LogP contribution in [-0.2, 0) is 4.84 Å². The lowest BCUT2D eigenvalue weighted by Crippen LogP contribution is -2.44. The zero-order valence-electron chi connectivity index (χ0n) is 14.5. The minimum absolute atomic E-state index is 0.747. The Kier molecular flexibility index (Phi) is 7.95. The van der Waals surface area contributed by atoms with Gasteiger partial charge in [-0.15, -0.1) is 0 Å². The molecular formula is C18H33N3O. The predicted molar refractivity (Wildman–Crippen MR) is 93.4 cm³/mol. The molecular weight excluding hydrogens is 274 g/mol. The van der Waals surface area contributed by atoms with E-state index < -0.39 is 0 Å². The van der Waals surface area contributed by atoms with E-state index in [0.717, 1.165) is 32.4 Å². The van der Waals surface area contributed by atoms with Crippen LogP contribution in [0.2, 0.25) is 0 Å². The van der Waals surface area contributed by atoms with Crippen molar-refractivity contribution in [3.63, 3.8) is 0 Å². The summed E-state index contributed by atoms with van der Waals surface area (Å²) in [6.07, 6.45) is 10.7. The summed E-state index contributed by atoms with van der Waals surface area (Å²) in [4.78, 5) is 10.5. The molecule has 0 atom stereocenters. The molecule has 1 saturated carbocycles. The van der Waals surface area contributed by atoms with E-state index in [2.05, 4.69) is 35.0 Å². The lowest BCUT2D eigenvalue weighted by Gasteiger charge is -2.32. The van der Waals surface area contributed by atoms with Crippen LogP contribution in [0.3, 0.4) is 0 Å². The van der Waals surface area contributed by atoms with Gasteiger partial charge in [0.2, 0.25) is 0 Å². The molecule has 0 radical (unpaired) electrons. The molecule has 0 spiro atoms. The summed E-state index contributed by atoms with van der Waals surface area (Å²) in [6, 6.07) is 0. The summed E-state index contributed by atoms with van der Waals surface area (Å²) >= 11 is 0. The summed E-state index contributed by atoms with van der Waals surface area (Å²) in [5.41, 5.74) is 2.64. The van der Waals surface area contributed by atoms with E-state index in [1.807, 2.05) is 0 Å². The molecule has 4 heteroatoms. The standard InChI is InChI=1S/C18H33N3O/c1-3-4-8-17-9-5-6-10-18(17)19-22-16-7-11-21-14-12-20(2)13-15-21/h8H,3-7,9-16H2,1-2H3. The number of piperazine rings is 1. The van der Waals surface area contributed by atoms with Gasteiger partial charge >= 0.3 is 0 Å². The Balaban J connectivity index is 1.65. The van der Waals surface area contributed by atoms with E-state index >= 15 is 0 Å². The van der Waals surface area contributed by atoms with Crippen molar-refractivity contribution >= 4 is 5.71 Å². The van der Waals surface area contributed by atoms with Crippen molar-refractivity contribution in [3.05, 3.63) is 11.6 Å². The average Bonchev–Trinajstić information content (AvgIpc) is 2.55. The minimum Gasteiger partial charge on any atom is -0.396 e. The lowest BCUT2D eigenvalue weighted by atomic mass is 9.92. The minimum atomic E-state index is 0.747. The summed E-state index contributed by atoms with van der Waals surface area (Å²) in [6.45, 7) is 8.87. The second-order valence-corrected chi connectivity index (χ2v) is 6.59. The number of hydrogen-bond acceptors (Lipinski definition) is 4. The highest BCUT2D eigenvalue weighted by molar-refractivity contribution is 6.00. The third-order valence-electron chi connectivity index (χ3n) is 4.64. The van der Waals surface area contributed by atoms with Gasteiger partial charge in [0.1, 0.15) is 6.61 Å². The highest BCUT2D eigenvalue weighted by atomic mass is 16.6. The van der Waals surface area contributed by atoms with Crippen LogP contribution in [-0.4, -0.2) is 61.9 Å². The van der Waals surface area contributed by atoms with Gasteiger partial charge in [-0.2, -0.15) is 0 Å². The molecule has 0 bridgehead atoms. The number of allylic oxidation sites excluding steroid dienone is 2. The summed E-state index contributed by atoms with van der Waals surface area (Å²) < 4.78 is 0. The first-order valence-electron chi connectivity index (χ1n) is 9.08. The van der Waals surface area contributed by atoms with Gasteiger partial charge in [0.05, 0.1) is 5.71 Å². The first-order valence-corrected chi connectivity index (χ1v) is 9.08. The highest BCUT2D eigenvalue weighted by Crippen LogP contribution is 2.22. The molecule has 2 fully saturated rings. The molecule has 4 nitrogen and oxygen atoms in total. The third-order valence-corrected chi connectivity index (χ3v) is 4.64. The fraction of sp³-hybridized carbons (Fsp3) is 0.833. The Morgan fingerprint density at radius 3 is 2.68 bits per heavy atom. The normalized spacial score (nSPS) is 25.0. The van der Waals surface area contributed by atoms with Gasteiger partial charge in [0, 0.05) is 32.7 Å². The molecule has 2 rings (SSSR count). The zero-order chi connectivity index (χ0) is 15.6. The first kappa shape index (κ1) is 17.5. The van der Waals surface area contributed by atoms with Crippen molar-refractivity contribution < 1.29 is 4.84 Å². The summed E-state index contributed by atoms with van der Waals surface area (Å²) in [7, 11) is 2.20. The van der Waals surface area contributed by atoms with Gasteiger partial charge in [-0.3, -0.25) is 0 Å². The topological polar surface area (TPSA) is 28.1 Å². The van der Waals surface area contributed by atoms with Crippen LogP contribution in [0.4, 0.5) is 0 Å². The van der Waals surface area contributed by atoms with E-state index in [4.69, 9.17) is 4.84 Å². The maximum Gasteiger partial charge on any atom is 0.118 e. The van der Waals surface area contributed by atoms with Gasteiger partial charge in [0.25, 0.3) is 0 Å². The molecule has 0 amide bonds. The van der Waals surface area contributed by atoms with Crippen LogP contribution in [0.15, 0.2) is 16.8 Å². The molecule has 0 aromatic carbocycles. The van der Waals surface area contributed by atoms with Crippen molar-refractivity contribution in [1.29, 1.82) is 0 Å². The molecule has 1 aliphatic heterocycles. The van der Waals surface area contributed by atoms with Gasteiger partial charge in [-0.05, 0) is 51.1 Å². The summed E-state index contributed by atoms with van der Waals surface area (Å²) in [5, 5.41) is 4.43. The lowest BCUT2D eigenvalue weighted by molar-refractivity contribution is 0.110. The molecule has 1 heterocycles. The van der Waals surface area contributed by atoms with Crippen molar-refractivity contribution in [2.24, 2.45) is 5.16 Å². The number of nitrogens with zero attached hydrogens (tertiary/aromatic N) is 3. The average molecular weight is 307 g/mol. The molecule has 1 saturated heterocycles. The third kappa shape index (κ3) is 6.09. The predicted octanol–water partition coefficient (Wildman–Crippen LogP) is 3.30. The summed E-state index contributed by atoms with van der Waals surface area (Å²) in [5.74, 6) is 0. The number of rotatable bonds is 7. The Labute approximate surface area is 136 Å². The zero-order valence-corrected chi connectivity index (χ0v) is 14.5. The smallest absolute Gasteiger partial charge is 0.118 e. The monoisotopic (exact) mass is 307 g/mol. The molecule has 0 unspecified atom stereocenters. The first-order chi connectivity index (χ1) is 10.8. The van der Waals surface area contributed by atoms with Crippen molar-refractivity contribution in [2.45, 2.75) is 51.9 Å². The fourth-order valence-electron chi connectivity index (χ4n) is 3.10. The van der Waals surface area contributed by atoms with Gasteiger partial charge in [-0.25, -0.2) is 0 Å². The molecule has 1 aliphatic carbocycles. The second-order valence-electron chi connectivity index (χ2n) is 6.59. The molecule has 0 aromatic heterocycles. The fourth-order valence-corrected chi connectivity index (χ4v) is 3.10. The van der Waals surface area contributed by atoms with Crippen LogP contribution in [0.25, 0.3) is 0 Å². The highest BCUT2D eigenvalue weighted by Gasteiger charge is 2.14. The Morgan fingerprint density at radius 2 is 1.91 bits per heavy atom. The van der Waals surface area contributed by atoms with E-state index in [9.17, 15) is 0 Å². The van der Waals surface area contributed by atoms with E-state index in [-0.39, 0.29) is 0 Å². The van der Waals surface area contributed by atoms with Gasteiger partial charge < -0.3 is 14.6 Å². The largest absolute Gasteiger partial charge is 0.396 e. The Hall–Kier alpha value is -0.870. The second kappa shape index (κ2) is 10.0. The van der Waals surface area contributed by atoms with Crippen LogP contribution in [0, 0.1) is 0 Å². The van der Waals surface area contributed by atoms with Crippen LogP contribution in [0.5, 0.6) is 0 Å². The van der Waals surface area contributed by atoms with Crippen molar-refractivity contribution in [3.8, 4) is 0 Å². The number of hydrogen-bond donors (Lipinski definition) is 0. The van der Waals surface area contributed by atoms with Gasteiger partial charge in [-0.1, -0.05) is 24.6 Å². The number of likely N-dealkylation sites (N-methyl/N-ethyl adjacent to an activating group) is 1. The maximum absolute atomic E-state index is 5.61. The van der Waals surface area contributed by atoms with Gasteiger partial charge in [0.15, 0.2) is 0 Å². The van der Waals surface area contributed by atoms with Crippen molar-refractivity contribution in [2.75, 3.05) is 46.4 Å². The van der Waals surface area contributed by atoms with E-state index in [1.54, 1.807) is 0 Å². The van der Waals surface area contributed by atoms with Crippen LogP contribution < -0.4 is 0 Å². The van der Waals surface area contributed by atoms with Crippen LogP contribution in [0.1, 0.15) is 51.9 Å². The molecule has 0 aromatic rings. The van der Waals surface area contributed by atoms with Crippen molar-refractivity contribution in [1.82, 2.24) is 9.80 Å². The molecule has 22 heavy (non-hydrogen) atoms. The number of unbranched alkanes of at least 4 members (excludes halogenated alkanes) is 1. The quantitative estimate of drug-likeness (QED) is 0.533. The Bertz CT molecular complexity index is 371. The van der Waals surface area contributed by atoms with Crippen LogP contribution >= 0.6 is 0 Å². The molecule has 2 aliphatic rings. The SMILES string of the molecule is CCCC=C1CCCCC1=NOCCCN1CCN(C)CC1. The van der Waals surface area contributed by atoms with E-state index in [0.29, 0.717) is 0 Å². The molecule has 126 valence electrons.